The molecule has 2 aromatic heterocycles. The van der Waals surface area contributed by atoms with Crippen molar-refractivity contribution >= 4 is 11.6 Å². The number of aryl methyl sites for hydroxylation is 1. The number of carbonyl (C=O) groups excluding carboxylic acids is 1. The van der Waals surface area contributed by atoms with Crippen molar-refractivity contribution in [1.82, 2.24) is 15.2 Å². The van der Waals surface area contributed by atoms with Gasteiger partial charge < -0.3 is 9.73 Å². The number of benzene rings is 1. The first-order valence-electron chi connectivity index (χ1n) is 6.04. The van der Waals surface area contributed by atoms with Gasteiger partial charge in [0.05, 0.1) is 18.0 Å². The van der Waals surface area contributed by atoms with E-state index >= 15 is 0 Å². The molecule has 0 unspecified atom stereocenters. The van der Waals surface area contributed by atoms with E-state index in [2.05, 4.69) is 20.5 Å². The summed E-state index contributed by atoms with van der Waals surface area (Å²) in [6, 6.07) is 7.37. The molecule has 0 aliphatic heterocycles. The predicted octanol–water partition coefficient (Wildman–Crippen LogP) is 2.63. The molecular formula is C14H12N4O2. The minimum absolute atomic E-state index is 0.203. The number of anilines is 1. The van der Waals surface area contributed by atoms with E-state index in [9.17, 15) is 4.79 Å². The molecule has 0 aliphatic rings. The Labute approximate surface area is 114 Å². The highest BCUT2D eigenvalue weighted by molar-refractivity contribution is 6.05. The lowest BCUT2D eigenvalue weighted by Gasteiger charge is -2.05. The second-order valence-corrected chi connectivity index (χ2v) is 4.31. The zero-order valence-corrected chi connectivity index (χ0v) is 10.8. The standard InChI is InChI=1S/C14H12N4O2/c1-9-12(6-16-18-9)14(19)17-11-4-2-3-10(5-11)13-7-15-8-20-13/h2-8H,1H3,(H,16,18)(H,17,19). The Morgan fingerprint density at radius 2 is 2.25 bits per heavy atom. The minimum Gasteiger partial charge on any atom is -0.444 e. The van der Waals surface area contributed by atoms with Crippen LogP contribution in [0.3, 0.4) is 0 Å². The number of carbonyl (C=O) groups is 1. The summed E-state index contributed by atoms with van der Waals surface area (Å²) in [5.41, 5.74) is 2.79. The average Bonchev–Trinajstić information content (AvgIpc) is 3.09. The number of oxazole rings is 1. The molecule has 0 saturated heterocycles. The van der Waals surface area contributed by atoms with E-state index in [-0.39, 0.29) is 5.91 Å². The van der Waals surface area contributed by atoms with E-state index in [0.29, 0.717) is 17.0 Å². The molecule has 0 saturated carbocycles. The summed E-state index contributed by atoms with van der Waals surface area (Å²) in [5.74, 6) is 0.451. The van der Waals surface area contributed by atoms with Crippen LogP contribution < -0.4 is 5.32 Å². The van der Waals surface area contributed by atoms with Crippen molar-refractivity contribution in [1.29, 1.82) is 0 Å². The Balaban J connectivity index is 1.83. The third-order valence-electron chi connectivity index (χ3n) is 2.91. The fourth-order valence-corrected chi connectivity index (χ4v) is 1.89. The zero-order chi connectivity index (χ0) is 13.9. The van der Waals surface area contributed by atoms with Crippen LogP contribution in [0.1, 0.15) is 16.1 Å². The monoisotopic (exact) mass is 268 g/mol. The topological polar surface area (TPSA) is 83.8 Å². The van der Waals surface area contributed by atoms with Gasteiger partial charge in [-0.25, -0.2) is 4.98 Å². The van der Waals surface area contributed by atoms with Crippen LogP contribution >= 0.6 is 0 Å². The maximum absolute atomic E-state index is 12.1. The van der Waals surface area contributed by atoms with Crippen molar-refractivity contribution in [2.75, 3.05) is 5.32 Å². The maximum Gasteiger partial charge on any atom is 0.259 e. The Hall–Kier alpha value is -2.89. The van der Waals surface area contributed by atoms with E-state index in [0.717, 1.165) is 11.3 Å². The van der Waals surface area contributed by atoms with Gasteiger partial charge in [0.25, 0.3) is 5.91 Å². The molecule has 100 valence electrons. The van der Waals surface area contributed by atoms with Crippen molar-refractivity contribution < 1.29 is 9.21 Å². The fourth-order valence-electron chi connectivity index (χ4n) is 1.89. The number of nitrogens with zero attached hydrogens (tertiary/aromatic N) is 2. The fraction of sp³-hybridized carbons (Fsp3) is 0.0714. The molecule has 3 aromatic rings. The third kappa shape index (κ3) is 2.31. The normalized spacial score (nSPS) is 10.4. The van der Waals surface area contributed by atoms with Crippen LogP contribution in [-0.4, -0.2) is 21.1 Å². The zero-order valence-electron chi connectivity index (χ0n) is 10.8. The lowest BCUT2D eigenvalue weighted by Crippen LogP contribution is -2.12. The molecule has 2 heterocycles. The smallest absolute Gasteiger partial charge is 0.259 e. The maximum atomic E-state index is 12.1. The number of hydrogen-bond acceptors (Lipinski definition) is 4. The first kappa shape index (κ1) is 12.2. The van der Waals surface area contributed by atoms with Crippen LogP contribution in [-0.2, 0) is 0 Å². The highest BCUT2D eigenvalue weighted by atomic mass is 16.3. The van der Waals surface area contributed by atoms with Crippen molar-refractivity contribution in [2.24, 2.45) is 0 Å². The van der Waals surface area contributed by atoms with Gasteiger partial charge in [0.2, 0.25) is 0 Å². The van der Waals surface area contributed by atoms with Crippen molar-refractivity contribution in [2.45, 2.75) is 6.92 Å². The van der Waals surface area contributed by atoms with Gasteiger partial charge >= 0.3 is 0 Å². The SMILES string of the molecule is Cc1[nH]ncc1C(=O)Nc1cccc(-c2cnco2)c1. The number of amides is 1. The summed E-state index contributed by atoms with van der Waals surface area (Å²) in [4.78, 5) is 16.0. The second kappa shape index (κ2) is 5.00. The van der Waals surface area contributed by atoms with Crippen LogP contribution in [0.4, 0.5) is 5.69 Å². The average molecular weight is 268 g/mol. The van der Waals surface area contributed by atoms with Gasteiger partial charge in [-0.1, -0.05) is 12.1 Å². The third-order valence-corrected chi connectivity index (χ3v) is 2.91. The van der Waals surface area contributed by atoms with Gasteiger partial charge in [-0.15, -0.1) is 0 Å². The van der Waals surface area contributed by atoms with Gasteiger partial charge in [0.1, 0.15) is 0 Å². The number of rotatable bonds is 3. The van der Waals surface area contributed by atoms with E-state index in [1.807, 2.05) is 24.3 Å². The Morgan fingerprint density at radius 1 is 1.35 bits per heavy atom. The molecule has 6 nitrogen and oxygen atoms in total. The van der Waals surface area contributed by atoms with Crippen LogP contribution in [0.5, 0.6) is 0 Å². The van der Waals surface area contributed by atoms with Gasteiger partial charge in [0.15, 0.2) is 12.2 Å². The summed E-state index contributed by atoms with van der Waals surface area (Å²) < 4.78 is 5.23. The first-order valence-corrected chi connectivity index (χ1v) is 6.04. The molecule has 2 N–H and O–H groups in total. The van der Waals surface area contributed by atoms with Crippen LogP contribution in [0.15, 0.2) is 47.5 Å². The number of hydrogen-bond donors (Lipinski definition) is 2. The summed E-state index contributed by atoms with van der Waals surface area (Å²) in [5, 5.41) is 9.39. The quantitative estimate of drug-likeness (QED) is 0.764. The van der Waals surface area contributed by atoms with Crippen LogP contribution in [0.25, 0.3) is 11.3 Å². The van der Waals surface area contributed by atoms with Gasteiger partial charge in [-0.2, -0.15) is 5.10 Å². The van der Waals surface area contributed by atoms with Crippen molar-refractivity contribution in [3.8, 4) is 11.3 Å². The van der Waals surface area contributed by atoms with E-state index in [1.54, 1.807) is 13.1 Å². The van der Waals surface area contributed by atoms with Gasteiger partial charge in [-0.3, -0.25) is 9.89 Å². The van der Waals surface area contributed by atoms with Crippen molar-refractivity contribution in [3.05, 3.63) is 54.3 Å². The lowest BCUT2D eigenvalue weighted by atomic mass is 10.1. The molecule has 0 aliphatic carbocycles. The first-order chi connectivity index (χ1) is 9.74. The number of aromatic nitrogens is 3. The van der Waals surface area contributed by atoms with E-state index < -0.39 is 0 Å². The van der Waals surface area contributed by atoms with Crippen LogP contribution in [0, 0.1) is 6.92 Å². The predicted molar refractivity (Wildman–Crippen MR) is 73.2 cm³/mol. The minimum atomic E-state index is -0.203. The molecule has 0 radical (unpaired) electrons. The number of nitrogens with one attached hydrogen (secondary N) is 2. The summed E-state index contributed by atoms with van der Waals surface area (Å²) in [6.45, 7) is 1.80. The van der Waals surface area contributed by atoms with E-state index in [4.69, 9.17) is 4.42 Å². The molecule has 6 heteroatoms. The Bertz CT molecular complexity index is 731. The summed E-state index contributed by atoms with van der Waals surface area (Å²) >= 11 is 0. The molecule has 0 bridgehead atoms. The largest absolute Gasteiger partial charge is 0.444 e. The van der Waals surface area contributed by atoms with Gasteiger partial charge in [-0.05, 0) is 19.1 Å². The molecular weight excluding hydrogens is 256 g/mol. The lowest BCUT2D eigenvalue weighted by molar-refractivity contribution is 0.102. The van der Waals surface area contributed by atoms with E-state index in [1.165, 1.54) is 12.6 Å². The summed E-state index contributed by atoms with van der Waals surface area (Å²) in [7, 11) is 0. The molecule has 0 fully saturated rings. The molecule has 1 aromatic carbocycles. The molecule has 0 spiro atoms. The molecule has 0 atom stereocenters. The van der Waals surface area contributed by atoms with Crippen molar-refractivity contribution in [3.63, 3.8) is 0 Å². The van der Waals surface area contributed by atoms with Crippen LogP contribution in [0.2, 0.25) is 0 Å². The molecule has 20 heavy (non-hydrogen) atoms. The molecule has 3 rings (SSSR count). The Morgan fingerprint density at radius 3 is 2.95 bits per heavy atom. The highest BCUT2D eigenvalue weighted by Crippen LogP contribution is 2.22. The van der Waals surface area contributed by atoms with Gasteiger partial charge in [0, 0.05) is 16.9 Å². The number of aromatic amines is 1. The number of H-pyrrole nitrogens is 1. The summed E-state index contributed by atoms with van der Waals surface area (Å²) in [6.07, 6.45) is 4.50. The Kier molecular flexibility index (Phi) is 3.04. The second-order valence-electron chi connectivity index (χ2n) is 4.31. The molecule has 1 amide bonds. The highest BCUT2D eigenvalue weighted by Gasteiger charge is 2.11.